The highest BCUT2D eigenvalue weighted by Crippen LogP contribution is 2.35. The van der Waals surface area contributed by atoms with Crippen molar-refractivity contribution >= 4 is 0 Å². The van der Waals surface area contributed by atoms with Crippen molar-refractivity contribution in [1.82, 2.24) is 0 Å². The van der Waals surface area contributed by atoms with Crippen LogP contribution in [0, 0.1) is 5.41 Å². The molecule has 78 valence electrons. The van der Waals surface area contributed by atoms with Crippen LogP contribution in [0.15, 0.2) is 24.3 Å². The predicted octanol–water partition coefficient (Wildman–Crippen LogP) is 1.54. The molecule has 0 amide bonds. The van der Waals surface area contributed by atoms with Gasteiger partial charge in [0.25, 0.3) is 0 Å². The summed E-state index contributed by atoms with van der Waals surface area (Å²) in [5.41, 5.74) is 4.42. The molecule has 0 aromatic heterocycles. The summed E-state index contributed by atoms with van der Waals surface area (Å²) in [5, 5.41) is 19.4. The molecule has 0 heterocycles. The first kappa shape index (κ1) is 11.0. The van der Waals surface area contributed by atoms with Gasteiger partial charge < -0.3 is 10.2 Å². The molecule has 3 nitrogen and oxygen atoms in total. The Bertz CT molecular complexity index is 326. The maximum Gasteiger partial charge on any atom is 0.144 e. The minimum atomic E-state index is -1.44. The zero-order valence-electron chi connectivity index (χ0n) is 8.78. The van der Waals surface area contributed by atoms with Crippen LogP contribution in [0.25, 0.3) is 0 Å². The van der Waals surface area contributed by atoms with Crippen LogP contribution in [0.1, 0.15) is 26.3 Å². The van der Waals surface area contributed by atoms with E-state index in [2.05, 4.69) is 0 Å². The molecular formula is C11H17NO2. The van der Waals surface area contributed by atoms with Crippen molar-refractivity contribution < 1.29 is 10.2 Å². The van der Waals surface area contributed by atoms with Gasteiger partial charge in [0.15, 0.2) is 0 Å². The summed E-state index contributed by atoms with van der Waals surface area (Å²) < 4.78 is 0. The van der Waals surface area contributed by atoms with Crippen LogP contribution in [0.4, 0.5) is 0 Å². The van der Waals surface area contributed by atoms with Crippen LogP contribution in [-0.4, -0.2) is 10.2 Å². The van der Waals surface area contributed by atoms with E-state index in [1.165, 1.54) is 6.07 Å². The number of benzene rings is 1. The lowest BCUT2D eigenvalue weighted by atomic mass is 9.79. The van der Waals surface area contributed by atoms with Gasteiger partial charge in [0.2, 0.25) is 0 Å². The molecular weight excluding hydrogens is 178 g/mol. The molecule has 1 aromatic rings. The van der Waals surface area contributed by atoms with Gasteiger partial charge in [-0.2, -0.15) is 0 Å². The third kappa shape index (κ3) is 1.89. The van der Waals surface area contributed by atoms with Crippen molar-refractivity contribution in [3.8, 4) is 5.75 Å². The smallest absolute Gasteiger partial charge is 0.144 e. The second-order valence-corrected chi connectivity index (χ2v) is 4.57. The molecule has 0 spiro atoms. The van der Waals surface area contributed by atoms with Gasteiger partial charge in [-0.3, -0.25) is 5.73 Å². The number of hydrogen-bond acceptors (Lipinski definition) is 3. The van der Waals surface area contributed by atoms with Crippen molar-refractivity contribution in [2.24, 2.45) is 11.1 Å². The molecule has 0 aliphatic carbocycles. The lowest BCUT2D eigenvalue weighted by Crippen LogP contribution is -2.48. The molecule has 0 aliphatic rings. The molecule has 0 fully saturated rings. The van der Waals surface area contributed by atoms with Crippen LogP contribution in [0.2, 0.25) is 0 Å². The molecule has 0 saturated heterocycles. The van der Waals surface area contributed by atoms with Crippen LogP contribution in [0.5, 0.6) is 5.75 Å². The second kappa shape index (κ2) is 3.26. The van der Waals surface area contributed by atoms with E-state index in [0.717, 1.165) is 0 Å². The number of aliphatic hydroxyl groups is 1. The van der Waals surface area contributed by atoms with Gasteiger partial charge in [-0.05, 0) is 12.1 Å². The largest absolute Gasteiger partial charge is 0.508 e. The monoisotopic (exact) mass is 195 g/mol. The Kier molecular flexibility index (Phi) is 2.56. The third-order valence-electron chi connectivity index (χ3n) is 2.43. The predicted molar refractivity (Wildman–Crippen MR) is 55.6 cm³/mol. The van der Waals surface area contributed by atoms with Crippen molar-refractivity contribution in [2.45, 2.75) is 26.5 Å². The Balaban J connectivity index is 3.16. The number of nitrogens with two attached hydrogens (primary N) is 1. The van der Waals surface area contributed by atoms with E-state index in [1.807, 2.05) is 20.8 Å². The molecule has 4 N–H and O–H groups in total. The Morgan fingerprint density at radius 2 is 1.79 bits per heavy atom. The molecule has 14 heavy (non-hydrogen) atoms. The average Bonchev–Trinajstić information content (AvgIpc) is 2.02. The number of phenols is 1. The maximum atomic E-state index is 10.1. The molecule has 0 saturated carbocycles. The van der Waals surface area contributed by atoms with Gasteiger partial charge in [0, 0.05) is 11.0 Å². The first-order valence-electron chi connectivity index (χ1n) is 4.56. The minimum absolute atomic E-state index is 0.107. The topological polar surface area (TPSA) is 66.5 Å². The first-order chi connectivity index (χ1) is 6.25. The number of aromatic hydroxyl groups is 1. The minimum Gasteiger partial charge on any atom is -0.508 e. The van der Waals surface area contributed by atoms with Crippen molar-refractivity contribution in [2.75, 3.05) is 0 Å². The summed E-state index contributed by atoms with van der Waals surface area (Å²) in [6.45, 7) is 5.53. The van der Waals surface area contributed by atoms with Gasteiger partial charge in [-0.15, -0.1) is 0 Å². The zero-order valence-corrected chi connectivity index (χ0v) is 8.78. The van der Waals surface area contributed by atoms with E-state index < -0.39 is 11.1 Å². The number of hydrogen-bond donors (Lipinski definition) is 3. The average molecular weight is 195 g/mol. The molecule has 1 atom stereocenters. The maximum absolute atomic E-state index is 10.1. The fourth-order valence-electron chi connectivity index (χ4n) is 1.18. The Morgan fingerprint density at radius 3 is 2.21 bits per heavy atom. The molecule has 1 rings (SSSR count). The SMILES string of the molecule is CC(C)(C)C(N)(O)c1cccc(O)c1. The summed E-state index contributed by atoms with van der Waals surface area (Å²) in [6.07, 6.45) is 0. The van der Waals surface area contributed by atoms with Crippen LogP contribution in [-0.2, 0) is 5.72 Å². The first-order valence-corrected chi connectivity index (χ1v) is 4.56. The van der Waals surface area contributed by atoms with Gasteiger partial charge in [-0.25, -0.2) is 0 Å². The molecule has 0 radical (unpaired) electrons. The van der Waals surface area contributed by atoms with Gasteiger partial charge in [0.1, 0.15) is 11.5 Å². The fraction of sp³-hybridized carbons (Fsp3) is 0.455. The normalized spacial score (nSPS) is 16.4. The van der Waals surface area contributed by atoms with Gasteiger partial charge >= 0.3 is 0 Å². The number of phenolic OH excluding ortho intramolecular Hbond substituents is 1. The zero-order chi connectivity index (χ0) is 11.0. The Morgan fingerprint density at radius 1 is 1.21 bits per heavy atom. The van der Waals surface area contributed by atoms with E-state index in [9.17, 15) is 10.2 Å². The summed E-state index contributed by atoms with van der Waals surface area (Å²) >= 11 is 0. The van der Waals surface area contributed by atoms with E-state index in [1.54, 1.807) is 18.2 Å². The summed E-state index contributed by atoms with van der Waals surface area (Å²) in [4.78, 5) is 0. The van der Waals surface area contributed by atoms with Crippen LogP contribution < -0.4 is 5.73 Å². The second-order valence-electron chi connectivity index (χ2n) is 4.57. The third-order valence-corrected chi connectivity index (χ3v) is 2.43. The summed E-state index contributed by atoms with van der Waals surface area (Å²) in [5.74, 6) is 0.107. The van der Waals surface area contributed by atoms with Gasteiger partial charge in [-0.1, -0.05) is 32.9 Å². The summed E-state index contributed by atoms with van der Waals surface area (Å²) in [6, 6.07) is 6.38. The van der Waals surface area contributed by atoms with E-state index in [-0.39, 0.29) is 5.75 Å². The lowest BCUT2D eigenvalue weighted by molar-refractivity contribution is -0.0589. The molecule has 0 bridgehead atoms. The highest BCUT2D eigenvalue weighted by atomic mass is 16.3. The lowest BCUT2D eigenvalue weighted by Gasteiger charge is -2.37. The Hall–Kier alpha value is -1.06. The van der Waals surface area contributed by atoms with Crippen molar-refractivity contribution in [3.05, 3.63) is 29.8 Å². The standard InChI is InChI=1S/C11H17NO2/c1-10(2,3)11(12,14)8-5-4-6-9(13)7-8/h4-7,13-14H,12H2,1-3H3. The highest BCUT2D eigenvalue weighted by molar-refractivity contribution is 5.31. The molecule has 1 unspecified atom stereocenters. The fourth-order valence-corrected chi connectivity index (χ4v) is 1.18. The van der Waals surface area contributed by atoms with E-state index in [0.29, 0.717) is 5.56 Å². The van der Waals surface area contributed by atoms with Crippen molar-refractivity contribution in [3.63, 3.8) is 0 Å². The van der Waals surface area contributed by atoms with E-state index >= 15 is 0 Å². The quantitative estimate of drug-likeness (QED) is 0.595. The molecule has 1 aromatic carbocycles. The van der Waals surface area contributed by atoms with Crippen molar-refractivity contribution in [1.29, 1.82) is 0 Å². The van der Waals surface area contributed by atoms with E-state index in [4.69, 9.17) is 5.73 Å². The Labute approximate surface area is 84.2 Å². The van der Waals surface area contributed by atoms with Gasteiger partial charge in [0.05, 0.1) is 0 Å². The molecule has 0 aliphatic heterocycles. The number of rotatable bonds is 1. The van der Waals surface area contributed by atoms with Crippen LogP contribution in [0.3, 0.4) is 0 Å². The summed E-state index contributed by atoms with van der Waals surface area (Å²) in [7, 11) is 0. The highest BCUT2D eigenvalue weighted by Gasteiger charge is 2.37. The molecule has 3 heteroatoms. The van der Waals surface area contributed by atoms with Crippen LogP contribution >= 0.6 is 0 Å².